The van der Waals surface area contributed by atoms with Gasteiger partial charge >= 0.3 is 0 Å². The Hall–Kier alpha value is -1.35. The van der Waals surface area contributed by atoms with Gasteiger partial charge in [-0.15, -0.1) is 0 Å². The number of nitrogens with zero attached hydrogens (tertiary/aromatic N) is 1. The number of hydrogen-bond donors (Lipinski definition) is 0. The van der Waals surface area contributed by atoms with E-state index in [1.807, 2.05) is 26.1 Å². The summed E-state index contributed by atoms with van der Waals surface area (Å²) in [4.78, 5) is 0. The largest absolute Gasteiger partial charge is 0.377 e. The third-order valence-electron chi connectivity index (χ3n) is 2.52. The Kier molecular flexibility index (Phi) is 3.25. The molecule has 0 N–H and O–H groups in total. The third kappa shape index (κ3) is 2.42. The van der Waals surface area contributed by atoms with E-state index < -0.39 is 0 Å². The fourth-order valence-corrected chi connectivity index (χ4v) is 1.75. The Morgan fingerprint density at radius 2 is 2.12 bits per heavy atom. The molecule has 0 fully saturated rings. The highest BCUT2D eigenvalue weighted by Gasteiger charge is 2.02. The van der Waals surface area contributed by atoms with Crippen LogP contribution >= 0.6 is 0 Å². The van der Waals surface area contributed by atoms with Crippen LogP contribution in [0.1, 0.15) is 13.8 Å². The van der Waals surface area contributed by atoms with Gasteiger partial charge in [-0.05, 0) is 38.1 Å². The smallest absolute Gasteiger partial charge is 0.123 e. The molecular weight excluding hydrogens is 205 g/mol. The van der Waals surface area contributed by atoms with Crippen molar-refractivity contribution in [3.63, 3.8) is 0 Å². The van der Waals surface area contributed by atoms with E-state index in [0.29, 0.717) is 6.61 Å². The van der Waals surface area contributed by atoms with Crippen LogP contribution in [0.25, 0.3) is 10.9 Å². The Morgan fingerprint density at radius 3 is 2.88 bits per heavy atom. The maximum Gasteiger partial charge on any atom is 0.123 e. The molecule has 16 heavy (non-hydrogen) atoms. The molecule has 2 rings (SSSR count). The molecular formula is C13H16FNO. The maximum atomic E-state index is 13.0. The number of halogens is 1. The second-order valence-electron chi connectivity index (χ2n) is 4.13. The van der Waals surface area contributed by atoms with Gasteiger partial charge in [-0.3, -0.25) is 0 Å². The summed E-state index contributed by atoms with van der Waals surface area (Å²) in [6, 6.07) is 6.77. The van der Waals surface area contributed by atoms with Crippen LogP contribution in [0.5, 0.6) is 0 Å². The van der Waals surface area contributed by atoms with Crippen molar-refractivity contribution in [3.8, 4) is 0 Å². The normalized spacial score (nSPS) is 11.5. The quantitative estimate of drug-likeness (QED) is 0.773. The minimum Gasteiger partial charge on any atom is -0.377 e. The van der Waals surface area contributed by atoms with Gasteiger partial charge in [0, 0.05) is 23.6 Å². The number of fused-ring (bicyclic) bond motifs is 1. The minimum atomic E-state index is -0.191. The highest BCUT2D eigenvalue weighted by atomic mass is 19.1. The van der Waals surface area contributed by atoms with Gasteiger partial charge in [0.15, 0.2) is 0 Å². The lowest BCUT2D eigenvalue weighted by Gasteiger charge is -2.09. The van der Waals surface area contributed by atoms with Crippen LogP contribution in [-0.4, -0.2) is 17.3 Å². The predicted molar refractivity (Wildman–Crippen MR) is 63.0 cm³/mol. The topological polar surface area (TPSA) is 14.2 Å². The molecule has 0 bridgehead atoms. The average molecular weight is 221 g/mol. The van der Waals surface area contributed by atoms with Crippen LogP contribution in [0.3, 0.4) is 0 Å². The predicted octanol–water partition coefficient (Wildman–Crippen LogP) is 3.21. The first kappa shape index (κ1) is 11.1. The summed E-state index contributed by atoms with van der Waals surface area (Å²) >= 11 is 0. The zero-order chi connectivity index (χ0) is 11.5. The molecule has 0 atom stereocenters. The fourth-order valence-electron chi connectivity index (χ4n) is 1.75. The first-order valence-electron chi connectivity index (χ1n) is 5.53. The van der Waals surface area contributed by atoms with Gasteiger partial charge in [0.25, 0.3) is 0 Å². The summed E-state index contributed by atoms with van der Waals surface area (Å²) in [5, 5.41) is 0.935. The van der Waals surface area contributed by atoms with Crippen LogP contribution in [0.2, 0.25) is 0 Å². The molecule has 86 valence electrons. The van der Waals surface area contributed by atoms with E-state index in [9.17, 15) is 4.39 Å². The van der Waals surface area contributed by atoms with Gasteiger partial charge in [0.1, 0.15) is 5.82 Å². The van der Waals surface area contributed by atoms with E-state index in [2.05, 4.69) is 4.57 Å². The Bertz CT molecular complexity index is 476. The van der Waals surface area contributed by atoms with Crippen molar-refractivity contribution in [3.05, 3.63) is 36.3 Å². The van der Waals surface area contributed by atoms with Gasteiger partial charge in [0.05, 0.1) is 12.7 Å². The summed E-state index contributed by atoms with van der Waals surface area (Å²) in [5.41, 5.74) is 1.05. The van der Waals surface area contributed by atoms with Gasteiger partial charge in [-0.2, -0.15) is 0 Å². The van der Waals surface area contributed by atoms with Crippen molar-refractivity contribution < 1.29 is 9.13 Å². The van der Waals surface area contributed by atoms with Crippen LogP contribution in [0.15, 0.2) is 30.5 Å². The standard InChI is InChI=1S/C13H16FNO/c1-10(2)16-8-7-15-6-5-11-9-12(14)3-4-13(11)15/h3-6,9-10H,7-8H2,1-2H3. The maximum absolute atomic E-state index is 13.0. The van der Waals surface area contributed by atoms with Crippen molar-refractivity contribution in [2.24, 2.45) is 0 Å². The molecule has 3 heteroatoms. The number of aromatic nitrogens is 1. The van der Waals surface area contributed by atoms with E-state index in [4.69, 9.17) is 4.74 Å². The van der Waals surface area contributed by atoms with Gasteiger partial charge in [-0.1, -0.05) is 0 Å². The fraction of sp³-hybridized carbons (Fsp3) is 0.385. The van der Waals surface area contributed by atoms with Crippen molar-refractivity contribution in [1.29, 1.82) is 0 Å². The third-order valence-corrected chi connectivity index (χ3v) is 2.52. The first-order valence-corrected chi connectivity index (χ1v) is 5.53. The first-order chi connectivity index (χ1) is 7.66. The van der Waals surface area contributed by atoms with E-state index >= 15 is 0 Å². The van der Waals surface area contributed by atoms with E-state index in [1.54, 1.807) is 12.1 Å². The highest BCUT2D eigenvalue weighted by molar-refractivity contribution is 5.80. The number of benzene rings is 1. The molecule has 1 heterocycles. The average Bonchev–Trinajstić information content (AvgIpc) is 2.60. The van der Waals surface area contributed by atoms with Crippen LogP contribution in [0, 0.1) is 5.82 Å². The highest BCUT2D eigenvalue weighted by Crippen LogP contribution is 2.16. The molecule has 2 nitrogen and oxygen atoms in total. The lowest BCUT2D eigenvalue weighted by atomic mass is 10.2. The second kappa shape index (κ2) is 4.66. The van der Waals surface area contributed by atoms with Crippen LogP contribution in [-0.2, 0) is 11.3 Å². The summed E-state index contributed by atoms with van der Waals surface area (Å²) < 4.78 is 20.5. The second-order valence-corrected chi connectivity index (χ2v) is 4.13. The molecule has 0 aliphatic heterocycles. The molecule has 2 aromatic rings. The molecule has 0 spiro atoms. The Labute approximate surface area is 94.6 Å². The summed E-state index contributed by atoms with van der Waals surface area (Å²) in [5.74, 6) is -0.191. The van der Waals surface area contributed by atoms with Crippen molar-refractivity contribution in [1.82, 2.24) is 4.57 Å². The van der Waals surface area contributed by atoms with Crippen molar-refractivity contribution in [2.45, 2.75) is 26.5 Å². The van der Waals surface area contributed by atoms with E-state index in [-0.39, 0.29) is 11.9 Å². The lowest BCUT2D eigenvalue weighted by molar-refractivity contribution is 0.0733. The summed E-state index contributed by atoms with van der Waals surface area (Å²) in [6.45, 7) is 5.51. The van der Waals surface area contributed by atoms with Crippen LogP contribution < -0.4 is 0 Å². The zero-order valence-corrected chi connectivity index (χ0v) is 9.61. The van der Waals surface area contributed by atoms with Crippen LogP contribution in [0.4, 0.5) is 4.39 Å². The molecule has 0 saturated carbocycles. The Morgan fingerprint density at radius 1 is 1.31 bits per heavy atom. The number of hydrogen-bond acceptors (Lipinski definition) is 1. The Balaban J connectivity index is 2.13. The van der Waals surface area contributed by atoms with Gasteiger partial charge in [0.2, 0.25) is 0 Å². The molecule has 0 amide bonds. The zero-order valence-electron chi connectivity index (χ0n) is 9.61. The SMILES string of the molecule is CC(C)OCCn1ccc2cc(F)ccc21. The summed E-state index contributed by atoms with van der Waals surface area (Å²) in [6.07, 6.45) is 2.22. The molecule has 1 aromatic heterocycles. The molecule has 0 aliphatic carbocycles. The van der Waals surface area contributed by atoms with Crippen molar-refractivity contribution >= 4 is 10.9 Å². The van der Waals surface area contributed by atoms with E-state index in [0.717, 1.165) is 17.4 Å². The number of ether oxygens (including phenoxy) is 1. The van der Waals surface area contributed by atoms with Crippen molar-refractivity contribution in [2.75, 3.05) is 6.61 Å². The molecule has 0 aliphatic rings. The molecule has 0 radical (unpaired) electrons. The van der Waals surface area contributed by atoms with Gasteiger partial charge < -0.3 is 9.30 Å². The monoisotopic (exact) mass is 221 g/mol. The van der Waals surface area contributed by atoms with E-state index in [1.165, 1.54) is 6.07 Å². The minimum absolute atomic E-state index is 0.191. The molecule has 0 unspecified atom stereocenters. The van der Waals surface area contributed by atoms with Gasteiger partial charge in [-0.25, -0.2) is 4.39 Å². The molecule has 0 saturated heterocycles. The number of rotatable bonds is 4. The molecule has 1 aromatic carbocycles. The summed E-state index contributed by atoms with van der Waals surface area (Å²) in [7, 11) is 0. The lowest BCUT2D eigenvalue weighted by Crippen LogP contribution is -2.09.